The van der Waals surface area contributed by atoms with Crippen molar-refractivity contribution in [2.24, 2.45) is 0 Å². The Bertz CT molecular complexity index is 1130. The van der Waals surface area contributed by atoms with Gasteiger partial charge in [-0.2, -0.15) is 4.72 Å². The molecule has 1 N–H and O–H groups in total. The molecule has 1 aliphatic rings. The van der Waals surface area contributed by atoms with Crippen LogP contribution in [0.2, 0.25) is 0 Å². The Balaban J connectivity index is 1.53. The fourth-order valence-electron chi connectivity index (χ4n) is 3.33. The number of benzene rings is 1. The first-order valence-corrected chi connectivity index (χ1v) is 12.7. The maximum absolute atomic E-state index is 13.4. The van der Waals surface area contributed by atoms with Gasteiger partial charge in [-0.1, -0.05) is 30.3 Å². The molecule has 1 aromatic carbocycles. The number of rotatable bonds is 6. The molecule has 8 nitrogen and oxygen atoms in total. The Hall–Kier alpha value is -2.34. The van der Waals surface area contributed by atoms with Crippen molar-refractivity contribution in [1.29, 1.82) is 0 Å². The molecule has 2 aromatic heterocycles. The van der Waals surface area contributed by atoms with Crippen molar-refractivity contribution in [3.8, 4) is 0 Å². The average molecular weight is 522 g/mol. The number of aromatic nitrogens is 2. The summed E-state index contributed by atoms with van der Waals surface area (Å²) >= 11 is 4.39. The highest BCUT2D eigenvalue weighted by molar-refractivity contribution is 9.11. The number of amides is 1. The molecule has 162 valence electrons. The van der Waals surface area contributed by atoms with Gasteiger partial charge in [0.25, 0.3) is 10.0 Å². The summed E-state index contributed by atoms with van der Waals surface area (Å²) < 4.78 is 29.3. The molecule has 3 heterocycles. The van der Waals surface area contributed by atoms with E-state index in [1.165, 1.54) is 6.07 Å². The quantitative estimate of drug-likeness (QED) is 0.535. The third kappa shape index (κ3) is 5.12. The Kier molecular flexibility index (Phi) is 6.65. The smallest absolute Gasteiger partial charge is 0.251 e. The first kappa shape index (κ1) is 21.9. The van der Waals surface area contributed by atoms with Crippen molar-refractivity contribution in [2.45, 2.75) is 10.3 Å². The van der Waals surface area contributed by atoms with E-state index in [0.717, 1.165) is 11.3 Å². The van der Waals surface area contributed by atoms with E-state index in [-0.39, 0.29) is 10.1 Å². The van der Waals surface area contributed by atoms with Crippen LogP contribution in [0.3, 0.4) is 0 Å². The molecular weight excluding hydrogens is 502 g/mol. The molecule has 1 fully saturated rings. The number of nitrogens with one attached hydrogen (secondary N) is 1. The fraction of sp³-hybridized carbons (Fsp3) is 0.250. The van der Waals surface area contributed by atoms with E-state index in [0.29, 0.717) is 41.5 Å². The summed E-state index contributed by atoms with van der Waals surface area (Å²) in [6.45, 7) is 2.04. The van der Waals surface area contributed by atoms with E-state index in [9.17, 15) is 13.2 Å². The van der Waals surface area contributed by atoms with E-state index in [1.54, 1.807) is 53.7 Å². The number of piperazine rings is 1. The summed E-state index contributed by atoms with van der Waals surface area (Å²) in [4.78, 5) is 25.6. The third-order valence-electron chi connectivity index (χ3n) is 4.89. The zero-order valence-electron chi connectivity index (χ0n) is 16.4. The summed E-state index contributed by atoms with van der Waals surface area (Å²) in [6.07, 6.45) is 3.37. The van der Waals surface area contributed by atoms with E-state index >= 15 is 0 Å². The standard InChI is InChI=1S/C20H20BrN5O3S2/c21-16-7-8-17(30-16)31(28,29)24-18(15-5-2-1-3-6-15)19(27)25-11-13-26(14-12-25)20-22-9-4-10-23-20/h1-10,18,24H,11-14H2/t18-/m0/s1. The second-order valence-corrected chi connectivity index (χ2v) is 11.3. The SMILES string of the molecule is O=C([C@@H](NS(=O)(=O)c1ccc(Br)s1)c1ccccc1)N1CCN(c2ncccn2)CC1. The van der Waals surface area contributed by atoms with Gasteiger partial charge in [0.1, 0.15) is 10.3 Å². The van der Waals surface area contributed by atoms with Crippen LogP contribution >= 0.6 is 27.3 Å². The molecule has 31 heavy (non-hydrogen) atoms. The molecule has 1 aliphatic heterocycles. The van der Waals surface area contributed by atoms with E-state index < -0.39 is 16.1 Å². The van der Waals surface area contributed by atoms with Crippen LogP contribution in [0.5, 0.6) is 0 Å². The van der Waals surface area contributed by atoms with Crippen LogP contribution in [0.25, 0.3) is 0 Å². The lowest BCUT2D eigenvalue weighted by molar-refractivity contribution is -0.133. The number of carbonyl (C=O) groups is 1. The maximum atomic E-state index is 13.4. The van der Waals surface area contributed by atoms with Gasteiger partial charge in [-0.05, 0) is 39.7 Å². The van der Waals surface area contributed by atoms with E-state index in [1.807, 2.05) is 11.0 Å². The van der Waals surface area contributed by atoms with Gasteiger partial charge in [-0.15, -0.1) is 11.3 Å². The number of halogens is 1. The summed E-state index contributed by atoms with van der Waals surface area (Å²) in [5.41, 5.74) is 0.598. The number of nitrogens with zero attached hydrogens (tertiary/aromatic N) is 4. The van der Waals surface area contributed by atoms with E-state index in [4.69, 9.17) is 0 Å². The first-order chi connectivity index (χ1) is 14.9. The maximum Gasteiger partial charge on any atom is 0.251 e. The first-order valence-electron chi connectivity index (χ1n) is 9.57. The van der Waals surface area contributed by atoms with Crippen molar-refractivity contribution in [2.75, 3.05) is 31.1 Å². The lowest BCUT2D eigenvalue weighted by Gasteiger charge is -2.36. The molecule has 3 aromatic rings. The molecule has 1 atom stereocenters. The van der Waals surface area contributed by atoms with E-state index in [2.05, 4.69) is 30.6 Å². The molecule has 0 saturated carbocycles. The van der Waals surface area contributed by atoms with Crippen LogP contribution < -0.4 is 9.62 Å². The number of carbonyl (C=O) groups excluding carboxylic acids is 1. The Morgan fingerprint density at radius 1 is 1.00 bits per heavy atom. The van der Waals surface area contributed by atoms with Crippen LogP contribution in [0, 0.1) is 0 Å². The molecule has 0 aliphatic carbocycles. The van der Waals surface area contributed by atoms with Crippen molar-refractivity contribution in [3.05, 3.63) is 70.3 Å². The second-order valence-electron chi connectivity index (χ2n) is 6.88. The Morgan fingerprint density at radius 3 is 2.29 bits per heavy atom. The van der Waals surface area contributed by atoms with Crippen LogP contribution in [-0.4, -0.2) is 55.4 Å². The van der Waals surface area contributed by atoms with Gasteiger partial charge in [-0.3, -0.25) is 4.79 Å². The molecule has 1 amide bonds. The molecule has 11 heteroatoms. The summed E-state index contributed by atoms with van der Waals surface area (Å²) in [7, 11) is -3.86. The summed E-state index contributed by atoms with van der Waals surface area (Å²) in [5, 5.41) is 0. The highest BCUT2D eigenvalue weighted by Crippen LogP contribution is 2.28. The number of sulfonamides is 1. The number of hydrogen-bond acceptors (Lipinski definition) is 7. The van der Waals surface area contributed by atoms with Gasteiger partial charge in [0.15, 0.2) is 0 Å². The van der Waals surface area contributed by atoms with Crippen molar-refractivity contribution >= 4 is 49.1 Å². The van der Waals surface area contributed by atoms with Gasteiger partial charge in [0, 0.05) is 38.6 Å². The van der Waals surface area contributed by atoms with Crippen LogP contribution in [0.1, 0.15) is 11.6 Å². The summed E-state index contributed by atoms with van der Waals surface area (Å²) in [5.74, 6) is 0.345. The van der Waals surface area contributed by atoms with Crippen LogP contribution in [-0.2, 0) is 14.8 Å². The minimum Gasteiger partial charge on any atom is -0.337 e. The monoisotopic (exact) mass is 521 g/mol. The van der Waals surface area contributed by atoms with Crippen molar-refractivity contribution in [3.63, 3.8) is 0 Å². The Morgan fingerprint density at radius 2 is 1.68 bits per heavy atom. The van der Waals surface area contributed by atoms with Crippen molar-refractivity contribution in [1.82, 2.24) is 19.6 Å². The van der Waals surface area contributed by atoms with Gasteiger partial charge in [0.05, 0.1) is 3.79 Å². The Labute approximate surface area is 193 Å². The molecule has 0 bridgehead atoms. The predicted octanol–water partition coefficient (Wildman–Crippen LogP) is 2.67. The number of thiophene rings is 1. The van der Waals surface area contributed by atoms with Gasteiger partial charge in [-0.25, -0.2) is 18.4 Å². The molecule has 0 radical (unpaired) electrons. The van der Waals surface area contributed by atoms with Crippen LogP contribution in [0.4, 0.5) is 5.95 Å². The minimum atomic E-state index is -3.86. The van der Waals surface area contributed by atoms with Gasteiger partial charge < -0.3 is 9.80 Å². The van der Waals surface area contributed by atoms with Crippen molar-refractivity contribution < 1.29 is 13.2 Å². The van der Waals surface area contributed by atoms with Gasteiger partial charge in [0.2, 0.25) is 11.9 Å². The highest BCUT2D eigenvalue weighted by atomic mass is 79.9. The zero-order chi connectivity index (χ0) is 21.8. The molecule has 0 unspecified atom stereocenters. The predicted molar refractivity (Wildman–Crippen MR) is 122 cm³/mol. The largest absolute Gasteiger partial charge is 0.337 e. The van der Waals surface area contributed by atoms with Gasteiger partial charge >= 0.3 is 0 Å². The molecule has 1 saturated heterocycles. The normalized spacial score (nSPS) is 15.6. The molecule has 0 spiro atoms. The second kappa shape index (κ2) is 9.43. The molecule has 4 rings (SSSR count). The lowest BCUT2D eigenvalue weighted by atomic mass is 10.1. The molecular formula is C20H20BrN5O3S2. The lowest BCUT2D eigenvalue weighted by Crippen LogP contribution is -2.52. The zero-order valence-corrected chi connectivity index (χ0v) is 19.6. The highest BCUT2D eigenvalue weighted by Gasteiger charge is 2.33. The van der Waals surface area contributed by atoms with Crippen LogP contribution in [0.15, 0.2) is 68.9 Å². The topological polar surface area (TPSA) is 95.5 Å². The third-order valence-corrected chi connectivity index (χ3v) is 8.43. The fourth-order valence-corrected chi connectivity index (χ4v) is 6.53. The summed E-state index contributed by atoms with van der Waals surface area (Å²) in [6, 6.07) is 12.8. The average Bonchev–Trinajstić information content (AvgIpc) is 3.26. The minimum absolute atomic E-state index is 0.152. The number of anilines is 1. The number of hydrogen-bond donors (Lipinski definition) is 1.